The number of aryl methyl sites for hydroxylation is 1. The third-order valence-electron chi connectivity index (χ3n) is 5.90. The van der Waals surface area contributed by atoms with Gasteiger partial charge in [-0.3, -0.25) is 4.79 Å². The van der Waals surface area contributed by atoms with Gasteiger partial charge in [0.05, 0.1) is 11.9 Å². The number of ether oxygens (including phenoxy) is 1. The van der Waals surface area contributed by atoms with Gasteiger partial charge in [-0.1, -0.05) is 72.8 Å². The fourth-order valence-corrected chi connectivity index (χ4v) is 4.66. The van der Waals surface area contributed by atoms with E-state index >= 15 is 0 Å². The van der Waals surface area contributed by atoms with Gasteiger partial charge in [0, 0.05) is 27.8 Å². The lowest BCUT2D eigenvalue weighted by Crippen LogP contribution is -2.17. The molecule has 5 aromatic rings. The molecule has 188 valence electrons. The molecule has 1 aromatic heterocycles. The number of fused-ring (bicyclic) bond motifs is 1. The maximum atomic E-state index is 12.7. The van der Waals surface area contributed by atoms with Crippen molar-refractivity contribution in [2.75, 3.05) is 11.9 Å². The molecule has 0 bridgehead atoms. The Morgan fingerprint density at radius 2 is 1.82 bits per heavy atom. The molecule has 0 saturated heterocycles. The average molecular weight is 519 g/mol. The maximum Gasteiger partial charge on any atom is 0.271 e. The Morgan fingerprint density at radius 1 is 1.03 bits per heavy atom. The normalized spacial score (nSPS) is 11.0. The number of carbonyl (C=O) groups excluding carboxylic acids is 1. The highest BCUT2D eigenvalue weighted by molar-refractivity contribution is 7.14. The zero-order valence-corrected chi connectivity index (χ0v) is 21.7. The smallest absolute Gasteiger partial charge is 0.271 e. The van der Waals surface area contributed by atoms with Gasteiger partial charge in [0.2, 0.25) is 0 Å². The zero-order valence-electron chi connectivity index (χ0n) is 20.8. The second-order valence-corrected chi connectivity index (χ2v) is 9.46. The minimum Gasteiger partial charge on any atom is -0.489 e. The van der Waals surface area contributed by atoms with Crippen molar-refractivity contribution in [1.29, 1.82) is 0 Å². The van der Waals surface area contributed by atoms with Crippen LogP contribution in [0.25, 0.3) is 22.0 Å². The molecule has 4 aromatic carbocycles. The predicted octanol–water partition coefficient (Wildman–Crippen LogP) is 7.34. The van der Waals surface area contributed by atoms with E-state index in [9.17, 15) is 4.79 Å². The number of amides is 1. The summed E-state index contributed by atoms with van der Waals surface area (Å²) in [6.07, 6.45) is 3.30. The van der Waals surface area contributed by atoms with E-state index in [2.05, 4.69) is 46.5 Å². The Balaban J connectivity index is 1.26. The van der Waals surface area contributed by atoms with E-state index in [-0.39, 0.29) is 5.91 Å². The molecule has 0 saturated carbocycles. The molecule has 0 atom stereocenters. The van der Waals surface area contributed by atoms with Gasteiger partial charge in [-0.05, 0) is 48.0 Å². The Labute approximate surface area is 225 Å². The van der Waals surface area contributed by atoms with Crippen molar-refractivity contribution < 1.29 is 9.53 Å². The molecule has 0 aliphatic rings. The van der Waals surface area contributed by atoms with Crippen LogP contribution >= 0.6 is 11.3 Å². The summed E-state index contributed by atoms with van der Waals surface area (Å²) >= 11 is 1.53. The number of hydrazone groups is 1. The summed E-state index contributed by atoms with van der Waals surface area (Å²) in [5.74, 6) is 0.368. The van der Waals surface area contributed by atoms with Crippen LogP contribution in [0.1, 0.15) is 21.5 Å². The SMILES string of the molecule is C=CCOc1ccc2ccccc2c1/C=N\NC(=O)c1ccc(-c2csc(Nc3ccc(C)cc3)n2)cc1. The maximum absolute atomic E-state index is 12.7. The highest BCUT2D eigenvalue weighted by atomic mass is 32.1. The van der Waals surface area contributed by atoms with E-state index in [1.165, 1.54) is 16.9 Å². The van der Waals surface area contributed by atoms with E-state index in [0.29, 0.717) is 17.9 Å². The van der Waals surface area contributed by atoms with E-state index in [4.69, 9.17) is 4.74 Å². The number of aromatic nitrogens is 1. The zero-order chi connectivity index (χ0) is 26.3. The number of hydrogen-bond acceptors (Lipinski definition) is 6. The molecule has 38 heavy (non-hydrogen) atoms. The van der Waals surface area contributed by atoms with Crippen molar-refractivity contribution in [1.82, 2.24) is 10.4 Å². The Hall–Kier alpha value is -4.75. The lowest BCUT2D eigenvalue weighted by Gasteiger charge is -2.10. The number of nitrogens with zero attached hydrogens (tertiary/aromatic N) is 2. The fraction of sp³-hybridized carbons (Fsp3) is 0.0645. The molecule has 0 aliphatic carbocycles. The first-order valence-corrected chi connectivity index (χ1v) is 13.0. The molecule has 1 heterocycles. The van der Waals surface area contributed by atoms with Crippen molar-refractivity contribution in [3.63, 3.8) is 0 Å². The second kappa shape index (κ2) is 11.5. The van der Waals surface area contributed by atoms with E-state index in [1.54, 1.807) is 24.4 Å². The Morgan fingerprint density at radius 3 is 2.61 bits per heavy atom. The third-order valence-corrected chi connectivity index (χ3v) is 6.65. The molecular formula is C31H26N4O2S. The number of thiazole rings is 1. The molecule has 5 rings (SSSR count). The van der Waals surface area contributed by atoms with Crippen LogP contribution in [-0.4, -0.2) is 23.7 Å². The van der Waals surface area contributed by atoms with Gasteiger partial charge in [-0.2, -0.15) is 5.10 Å². The van der Waals surface area contributed by atoms with Crippen molar-refractivity contribution >= 4 is 45.0 Å². The second-order valence-electron chi connectivity index (χ2n) is 8.60. The number of benzene rings is 4. The van der Waals surface area contributed by atoms with Crippen LogP contribution in [0.4, 0.5) is 10.8 Å². The molecule has 0 unspecified atom stereocenters. The molecular weight excluding hydrogens is 492 g/mol. The highest BCUT2D eigenvalue weighted by Crippen LogP contribution is 2.28. The number of hydrogen-bond donors (Lipinski definition) is 2. The van der Waals surface area contributed by atoms with Crippen molar-refractivity contribution in [3.05, 3.63) is 120 Å². The monoisotopic (exact) mass is 518 g/mol. The molecule has 0 fully saturated rings. The summed E-state index contributed by atoms with van der Waals surface area (Å²) in [6.45, 7) is 6.14. The van der Waals surface area contributed by atoms with E-state index in [1.807, 2.05) is 66.0 Å². The van der Waals surface area contributed by atoms with Crippen LogP contribution in [-0.2, 0) is 0 Å². The fourth-order valence-electron chi connectivity index (χ4n) is 3.92. The van der Waals surface area contributed by atoms with Gasteiger partial charge in [0.25, 0.3) is 5.91 Å². The number of anilines is 2. The minimum atomic E-state index is -0.304. The number of carbonyl (C=O) groups is 1. The summed E-state index contributed by atoms with van der Waals surface area (Å²) in [5.41, 5.74) is 7.89. The third kappa shape index (κ3) is 5.79. The summed E-state index contributed by atoms with van der Waals surface area (Å²) in [4.78, 5) is 17.4. The standard InChI is InChI=1S/C31H26N4O2S/c1-3-18-37-29-17-14-22-6-4-5-7-26(22)27(29)19-32-35-30(36)24-12-10-23(11-13-24)28-20-38-31(34-28)33-25-15-8-21(2)9-16-25/h3-17,19-20H,1,18H2,2H3,(H,33,34)(H,35,36)/b32-19-. The average Bonchev–Trinajstić information content (AvgIpc) is 3.42. The van der Waals surface area contributed by atoms with Crippen LogP contribution in [0.15, 0.2) is 108 Å². The van der Waals surface area contributed by atoms with Crippen LogP contribution in [0, 0.1) is 6.92 Å². The lowest BCUT2D eigenvalue weighted by atomic mass is 10.0. The van der Waals surface area contributed by atoms with Crippen LogP contribution in [0.3, 0.4) is 0 Å². The van der Waals surface area contributed by atoms with Crippen molar-refractivity contribution in [2.24, 2.45) is 5.10 Å². The van der Waals surface area contributed by atoms with Gasteiger partial charge in [0.15, 0.2) is 5.13 Å². The van der Waals surface area contributed by atoms with Gasteiger partial charge in [-0.15, -0.1) is 11.3 Å². The van der Waals surface area contributed by atoms with E-state index < -0.39 is 0 Å². The number of nitrogens with one attached hydrogen (secondary N) is 2. The Bertz CT molecular complexity index is 1610. The summed E-state index contributed by atoms with van der Waals surface area (Å²) in [6, 6.07) is 27.3. The summed E-state index contributed by atoms with van der Waals surface area (Å²) in [7, 11) is 0. The van der Waals surface area contributed by atoms with Gasteiger partial charge >= 0.3 is 0 Å². The summed E-state index contributed by atoms with van der Waals surface area (Å²) in [5, 5.41) is 12.4. The van der Waals surface area contributed by atoms with Gasteiger partial charge < -0.3 is 10.1 Å². The quantitative estimate of drug-likeness (QED) is 0.122. The van der Waals surface area contributed by atoms with Crippen molar-refractivity contribution in [3.8, 4) is 17.0 Å². The van der Waals surface area contributed by atoms with Crippen LogP contribution < -0.4 is 15.5 Å². The molecule has 0 aliphatic heterocycles. The van der Waals surface area contributed by atoms with Crippen molar-refractivity contribution in [2.45, 2.75) is 6.92 Å². The van der Waals surface area contributed by atoms with E-state index in [0.717, 1.165) is 38.4 Å². The first-order chi connectivity index (χ1) is 18.6. The first kappa shape index (κ1) is 24.9. The molecule has 2 N–H and O–H groups in total. The first-order valence-electron chi connectivity index (χ1n) is 12.1. The number of rotatable bonds is 9. The summed E-state index contributed by atoms with van der Waals surface area (Å²) < 4.78 is 5.80. The topological polar surface area (TPSA) is 75.6 Å². The highest BCUT2D eigenvalue weighted by Gasteiger charge is 2.10. The largest absolute Gasteiger partial charge is 0.489 e. The minimum absolute atomic E-state index is 0.304. The molecule has 0 spiro atoms. The lowest BCUT2D eigenvalue weighted by molar-refractivity contribution is 0.0955. The molecule has 0 radical (unpaired) electrons. The molecule has 6 nitrogen and oxygen atoms in total. The van der Waals surface area contributed by atoms with Crippen LogP contribution in [0.2, 0.25) is 0 Å². The van der Waals surface area contributed by atoms with Gasteiger partial charge in [-0.25, -0.2) is 10.4 Å². The Kier molecular flexibility index (Phi) is 7.57. The van der Waals surface area contributed by atoms with Gasteiger partial charge in [0.1, 0.15) is 12.4 Å². The predicted molar refractivity (Wildman–Crippen MR) is 157 cm³/mol. The molecule has 1 amide bonds. The molecule has 7 heteroatoms. The van der Waals surface area contributed by atoms with Crippen LogP contribution in [0.5, 0.6) is 5.75 Å².